The predicted octanol–water partition coefficient (Wildman–Crippen LogP) is 9.75. The largest absolute Gasteiger partial charge is 0.472 e. The van der Waals surface area contributed by atoms with Gasteiger partial charge in [0, 0.05) is 12.8 Å². The summed E-state index contributed by atoms with van der Waals surface area (Å²) < 4.78 is 32.7. The van der Waals surface area contributed by atoms with Crippen LogP contribution in [0.15, 0.2) is 0 Å². The van der Waals surface area contributed by atoms with Crippen molar-refractivity contribution < 1.29 is 47.8 Å². The molecule has 5 atom stereocenters. The molecular formula is C39H75O10P. The van der Waals surface area contributed by atoms with Crippen LogP contribution in [0.2, 0.25) is 0 Å². The molecule has 11 heteroatoms. The maximum atomic E-state index is 12.6. The van der Waals surface area contributed by atoms with E-state index in [2.05, 4.69) is 18.4 Å². The van der Waals surface area contributed by atoms with Crippen molar-refractivity contribution >= 4 is 19.8 Å². The van der Waals surface area contributed by atoms with Crippen LogP contribution in [0.5, 0.6) is 0 Å². The topological polar surface area (TPSA) is 149 Å². The summed E-state index contributed by atoms with van der Waals surface area (Å²) in [6.07, 6.45) is 28.3. The molecule has 50 heavy (non-hydrogen) atoms. The second-order valence-electron chi connectivity index (χ2n) is 14.6. The quantitative estimate of drug-likeness (QED) is 0.0320. The Bertz CT molecular complexity index is 872. The third-order valence-corrected chi connectivity index (χ3v) is 10.7. The molecule has 0 saturated heterocycles. The molecule has 296 valence electrons. The van der Waals surface area contributed by atoms with Crippen LogP contribution in [0.1, 0.15) is 187 Å². The first-order valence-electron chi connectivity index (χ1n) is 20.5. The number of aliphatic hydroxyl groups is 2. The van der Waals surface area contributed by atoms with E-state index in [0.717, 1.165) is 43.9 Å². The van der Waals surface area contributed by atoms with Gasteiger partial charge in [0.2, 0.25) is 0 Å². The molecule has 0 aromatic heterocycles. The van der Waals surface area contributed by atoms with Gasteiger partial charge in [0.25, 0.3) is 0 Å². The molecule has 1 aliphatic rings. The van der Waals surface area contributed by atoms with Crippen molar-refractivity contribution in [3.8, 4) is 0 Å². The molecule has 1 unspecified atom stereocenters. The van der Waals surface area contributed by atoms with Crippen LogP contribution in [0, 0.1) is 11.8 Å². The SMILES string of the molecule is CCCCCCCCCCCCCCCC(=O)OC[C@H](COP(=O)(O)OC[C@@H](O)CO)OC(=O)CCCCCCC[C@@H]1C[C@@H]1CCCCCC. The Morgan fingerprint density at radius 1 is 0.620 bits per heavy atom. The Labute approximate surface area is 304 Å². The molecule has 10 nitrogen and oxygen atoms in total. The highest BCUT2D eigenvalue weighted by atomic mass is 31.2. The normalized spacial score (nSPS) is 18.0. The van der Waals surface area contributed by atoms with Crippen LogP contribution in [-0.4, -0.2) is 65.7 Å². The van der Waals surface area contributed by atoms with E-state index in [1.165, 1.54) is 116 Å². The standard InChI is InChI=1S/C39H75O10P/c1-3-5-7-9-10-11-12-13-14-15-16-19-23-27-38(42)46-32-37(33-48-50(44,45)47-31-36(41)30-40)49-39(43)28-24-20-17-18-22-26-35-29-34(35)25-21-8-6-4-2/h34-37,40-41H,3-33H2,1-2H3,(H,44,45)/t34-,35+,36-,37+/m0/s1. The van der Waals surface area contributed by atoms with Gasteiger partial charge in [-0.2, -0.15) is 0 Å². The molecular weight excluding hydrogens is 659 g/mol. The Kier molecular flexibility index (Phi) is 29.6. The van der Waals surface area contributed by atoms with Gasteiger partial charge in [-0.15, -0.1) is 0 Å². The van der Waals surface area contributed by atoms with E-state index in [-0.39, 0.29) is 19.4 Å². The van der Waals surface area contributed by atoms with E-state index in [0.29, 0.717) is 12.8 Å². The van der Waals surface area contributed by atoms with Crippen molar-refractivity contribution in [3.05, 3.63) is 0 Å². The van der Waals surface area contributed by atoms with Crippen molar-refractivity contribution in [2.24, 2.45) is 11.8 Å². The van der Waals surface area contributed by atoms with E-state index in [4.69, 9.17) is 19.1 Å². The highest BCUT2D eigenvalue weighted by Gasteiger charge is 2.35. The number of rotatable bonds is 37. The summed E-state index contributed by atoms with van der Waals surface area (Å²) in [5, 5.41) is 18.3. The lowest BCUT2D eigenvalue weighted by atomic mass is 10.0. The minimum absolute atomic E-state index is 0.196. The van der Waals surface area contributed by atoms with Gasteiger partial charge in [-0.3, -0.25) is 18.6 Å². The molecule has 1 fully saturated rings. The summed E-state index contributed by atoms with van der Waals surface area (Å²) >= 11 is 0. The minimum Gasteiger partial charge on any atom is -0.462 e. The molecule has 1 saturated carbocycles. The van der Waals surface area contributed by atoms with Crippen molar-refractivity contribution in [2.45, 2.75) is 199 Å². The maximum Gasteiger partial charge on any atom is 0.472 e. The number of hydrogen-bond donors (Lipinski definition) is 3. The van der Waals surface area contributed by atoms with Gasteiger partial charge in [-0.05, 0) is 31.1 Å². The fraction of sp³-hybridized carbons (Fsp3) is 0.949. The van der Waals surface area contributed by atoms with Gasteiger partial charge in [0.1, 0.15) is 12.7 Å². The Balaban J connectivity index is 2.27. The Morgan fingerprint density at radius 2 is 1.04 bits per heavy atom. The number of hydrogen-bond acceptors (Lipinski definition) is 9. The first-order chi connectivity index (χ1) is 24.2. The van der Waals surface area contributed by atoms with Crippen molar-refractivity contribution in [2.75, 3.05) is 26.4 Å². The third kappa shape index (κ3) is 28.5. The van der Waals surface area contributed by atoms with Crippen molar-refractivity contribution in [1.82, 2.24) is 0 Å². The lowest BCUT2D eigenvalue weighted by Crippen LogP contribution is -2.29. The van der Waals surface area contributed by atoms with E-state index in [1.807, 2.05) is 0 Å². The summed E-state index contributed by atoms with van der Waals surface area (Å²) in [5.41, 5.74) is 0. The van der Waals surface area contributed by atoms with E-state index in [9.17, 15) is 24.2 Å². The highest BCUT2D eigenvalue weighted by Crippen LogP contribution is 2.46. The van der Waals surface area contributed by atoms with Gasteiger partial charge < -0.3 is 24.6 Å². The van der Waals surface area contributed by atoms with E-state index >= 15 is 0 Å². The molecule has 0 aromatic rings. The molecule has 3 N–H and O–H groups in total. The van der Waals surface area contributed by atoms with Gasteiger partial charge >= 0.3 is 19.8 Å². The summed E-state index contributed by atoms with van der Waals surface area (Å²) in [6.45, 7) is 2.41. The molecule has 0 amide bonds. The number of phosphoric acid groups is 1. The lowest BCUT2D eigenvalue weighted by Gasteiger charge is -2.20. The zero-order valence-corrected chi connectivity index (χ0v) is 32.8. The number of esters is 2. The van der Waals surface area contributed by atoms with Crippen molar-refractivity contribution in [1.29, 1.82) is 0 Å². The molecule has 0 aliphatic heterocycles. The molecule has 0 radical (unpaired) electrons. The van der Waals surface area contributed by atoms with Gasteiger partial charge in [-0.25, -0.2) is 4.57 Å². The van der Waals surface area contributed by atoms with Crippen LogP contribution >= 0.6 is 7.82 Å². The zero-order chi connectivity index (χ0) is 36.7. The number of ether oxygens (including phenoxy) is 2. The summed E-state index contributed by atoms with van der Waals surface area (Å²) in [6, 6.07) is 0. The van der Waals surface area contributed by atoms with Gasteiger partial charge in [-0.1, -0.05) is 155 Å². The number of unbranched alkanes of at least 4 members (excludes halogenated alkanes) is 19. The van der Waals surface area contributed by atoms with Crippen LogP contribution < -0.4 is 0 Å². The monoisotopic (exact) mass is 735 g/mol. The fourth-order valence-electron chi connectivity index (χ4n) is 6.41. The predicted molar refractivity (Wildman–Crippen MR) is 199 cm³/mol. The third-order valence-electron chi connectivity index (χ3n) is 9.73. The smallest absolute Gasteiger partial charge is 0.462 e. The van der Waals surface area contributed by atoms with Gasteiger partial charge in [0.15, 0.2) is 6.10 Å². The van der Waals surface area contributed by atoms with Gasteiger partial charge in [0.05, 0.1) is 19.8 Å². The summed E-state index contributed by atoms with van der Waals surface area (Å²) in [4.78, 5) is 34.9. The average Bonchev–Trinajstić information content (AvgIpc) is 3.86. The average molecular weight is 735 g/mol. The molecule has 0 bridgehead atoms. The first-order valence-corrected chi connectivity index (χ1v) is 22.0. The van der Waals surface area contributed by atoms with Crippen LogP contribution in [0.4, 0.5) is 0 Å². The van der Waals surface area contributed by atoms with Crippen LogP contribution in [-0.2, 0) is 32.7 Å². The molecule has 0 spiro atoms. The minimum atomic E-state index is -4.60. The maximum absolute atomic E-state index is 12.6. The van der Waals surface area contributed by atoms with E-state index < -0.39 is 51.8 Å². The van der Waals surface area contributed by atoms with Crippen LogP contribution in [0.25, 0.3) is 0 Å². The number of carbonyl (C=O) groups excluding carboxylic acids is 2. The number of carbonyl (C=O) groups is 2. The molecule has 1 aliphatic carbocycles. The Hall–Kier alpha value is -1.03. The lowest BCUT2D eigenvalue weighted by molar-refractivity contribution is -0.161. The second-order valence-corrected chi connectivity index (χ2v) is 16.0. The van der Waals surface area contributed by atoms with Crippen molar-refractivity contribution in [3.63, 3.8) is 0 Å². The first kappa shape index (κ1) is 47.0. The fourth-order valence-corrected chi connectivity index (χ4v) is 7.20. The molecule has 1 rings (SSSR count). The summed E-state index contributed by atoms with van der Waals surface area (Å²) in [7, 11) is -4.60. The summed E-state index contributed by atoms with van der Waals surface area (Å²) in [5.74, 6) is 0.973. The second kappa shape index (κ2) is 31.5. The molecule has 0 aromatic carbocycles. The number of aliphatic hydroxyl groups excluding tert-OH is 2. The zero-order valence-electron chi connectivity index (χ0n) is 31.9. The number of phosphoric ester groups is 1. The van der Waals surface area contributed by atoms with E-state index in [1.54, 1.807) is 0 Å². The molecule has 0 heterocycles. The highest BCUT2D eigenvalue weighted by molar-refractivity contribution is 7.47. The Morgan fingerprint density at radius 3 is 1.54 bits per heavy atom. The van der Waals surface area contributed by atoms with Crippen LogP contribution in [0.3, 0.4) is 0 Å².